The van der Waals surface area contributed by atoms with E-state index in [9.17, 15) is 9.59 Å². The Kier molecular flexibility index (Phi) is 5.55. The molecule has 0 atom stereocenters. The van der Waals surface area contributed by atoms with Gasteiger partial charge in [-0.25, -0.2) is 0 Å². The molecule has 0 aliphatic carbocycles. The number of hydrogen-bond acceptors (Lipinski definition) is 2. The van der Waals surface area contributed by atoms with Gasteiger partial charge >= 0.3 is 0 Å². The molecule has 0 spiro atoms. The molecule has 30 heavy (non-hydrogen) atoms. The fourth-order valence-electron chi connectivity index (χ4n) is 3.56. The van der Waals surface area contributed by atoms with Crippen LogP contribution in [0.3, 0.4) is 0 Å². The molecule has 4 rings (SSSR count). The van der Waals surface area contributed by atoms with Gasteiger partial charge in [0.2, 0.25) is 0 Å². The Labute approximate surface area is 183 Å². The van der Waals surface area contributed by atoms with Gasteiger partial charge in [-0.2, -0.15) is 0 Å². The third-order valence-electron chi connectivity index (χ3n) is 5.16. The van der Waals surface area contributed by atoms with Crippen LogP contribution < -0.4 is 10.5 Å². The van der Waals surface area contributed by atoms with Crippen molar-refractivity contribution in [3.63, 3.8) is 0 Å². The van der Waals surface area contributed by atoms with Crippen molar-refractivity contribution in [2.24, 2.45) is 0 Å². The molecule has 0 saturated carbocycles. The number of rotatable bonds is 4. The van der Waals surface area contributed by atoms with E-state index < -0.39 is 0 Å². The topological polar surface area (TPSA) is 53.2 Å². The normalized spacial score (nSPS) is 10.9. The van der Waals surface area contributed by atoms with E-state index in [4.69, 9.17) is 0 Å². The van der Waals surface area contributed by atoms with Crippen LogP contribution in [0.2, 0.25) is 0 Å². The second kappa shape index (κ2) is 8.28. The summed E-state index contributed by atoms with van der Waals surface area (Å²) in [5.41, 5.74) is 4.52. The number of nitrogens with zero attached hydrogens (tertiary/aromatic N) is 1. The number of aryl methyl sites for hydroxylation is 2. The van der Waals surface area contributed by atoms with Gasteiger partial charge in [-0.05, 0) is 76.6 Å². The van der Waals surface area contributed by atoms with E-state index in [2.05, 4.69) is 20.9 Å². The van der Waals surface area contributed by atoms with E-state index in [0.717, 1.165) is 32.2 Å². The molecule has 0 saturated heterocycles. The number of hydrogen-bond donors (Lipinski definition) is 1. The van der Waals surface area contributed by atoms with E-state index in [1.54, 1.807) is 11.0 Å². The first kappa shape index (κ1) is 20.1. The molecule has 1 aromatic heterocycles. The summed E-state index contributed by atoms with van der Waals surface area (Å²) in [6.07, 6.45) is 0. The molecule has 4 aromatic rings. The van der Waals surface area contributed by atoms with E-state index in [1.807, 2.05) is 80.6 Å². The van der Waals surface area contributed by atoms with Crippen LogP contribution in [0.1, 0.15) is 27.0 Å². The largest absolute Gasteiger partial charge is 0.322 e. The maximum absolute atomic E-state index is 13.5. The van der Waals surface area contributed by atoms with Gasteiger partial charge in [0.1, 0.15) is 0 Å². The number of aromatic nitrogens is 1. The van der Waals surface area contributed by atoms with Crippen molar-refractivity contribution in [2.75, 3.05) is 4.90 Å². The molecule has 0 unspecified atom stereocenters. The summed E-state index contributed by atoms with van der Waals surface area (Å²) in [6, 6.07) is 22.8. The Morgan fingerprint density at radius 2 is 1.70 bits per heavy atom. The molecule has 5 heteroatoms. The monoisotopic (exact) mass is 460 g/mol. The molecule has 4 nitrogen and oxygen atoms in total. The highest BCUT2D eigenvalue weighted by Crippen LogP contribution is 2.26. The standard InChI is InChI=1S/C25H21BrN2O2/c1-16-11-12-18-14-19(24(29)27-22(18)13-16)15-28(23-10-6-3-7-17(23)2)25(30)20-8-4-5-9-21(20)26/h3-14H,15H2,1-2H3,(H,27,29). The number of nitrogens with one attached hydrogen (secondary N) is 1. The number of fused-ring (bicyclic) bond motifs is 1. The summed E-state index contributed by atoms with van der Waals surface area (Å²) in [4.78, 5) is 31.0. The first-order valence-electron chi connectivity index (χ1n) is 9.68. The van der Waals surface area contributed by atoms with E-state index >= 15 is 0 Å². The maximum atomic E-state index is 13.5. The lowest BCUT2D eigenvalue weighted by Crippen LogP contribution is -2.33. The number of halogens is 1. The molecule has 0 fully saturated rings. The van der Waals surface area contributed by atoms with Crippen LogP contribution >= 0.6 is 15.9 Å². The fraction of sp³-hybridized carbons (Fsp3) is 0.120. The molecule has 150 valence electrons. The average molecular weight is 461 g/mol. The molecule has 0 aliphatic heterocycles. The van der Waals surface area contributed by atoms with Crippen molar-refractivity contribution in [3.05, 3.63) is 110 Å². The van der Waals surface area contributed by atoms with E-state index in [0.29, 0.717) is 11.1 Å². The van der Waals surface area contributed by atoms with Gasteiger partial charge in [0.25, 0.3) is 11.5 Å². The Hall–Kier alpha value is -3.18. The lowest BCUT2D eigenvalue weighted by Gasteiger charge is -2.25. The van der Waals surface area contributed by atoms with Crippen LogP contribution in [-0.4, -0.2) is 10.9 Å². The molecular weight excluding hydrogens is 440 g/mol. The van der Waals surface area contributed by atoms with Crippen LogP contribution in [0.25, 0.3) is 10.9 Å². The molecule has 0 radical (unpaired) electrons. The van der Waals surface area contributed by atoms with Crippen LogP contribution in [0, 0.1) is 13.8 Å². The summed E-state index contributed by atoms with van der Waals surface area (Å²) in [5.74, 6) is -0.167. The summed E-state index contributed by atoms with van der Waals surface area (Å²) in [6.45, 7) is 4.12. The van der Waals surface area contributed by atoms with Crippen molar-refractivity contribution in [1.29, 1.82) is 0 Å². The zero-order valence-electron chi connectivity index (χ0n) is 16.8. The minimum atomic E-state index is -0.188. The Morgan fingerprint density at radius 1 is 0.967 bits per heavy atom. The predicted octanol–water partition coefficient (Wildman–Crippen LogP) is 5.75. The molecule has 0 bridgehead atoms. The molecule has 1 amide bonds. The smallest absolute Gasteiger partial charge is 0.259 e. The highest BCUT2D eigenvalue weighted by Gasteiger charge is 2.22. The van der Waals surface area contributed by atoms with Crippen molar-refractivity contribution >= 4 is 38.4 Å². The molecule has 1 heterocycles. The number of para-hydroxylation sites is 1. The summed E-state index contributed by atoms with van der Waals surface area (Å²) >= 11 is 3.48. The van der Waals surface area contributed by atoms with E-state index in [1.165, 1.54) is 0 Å². The van der Waals surface area contributed by atoms with Crippen molar-refractivity contribution in [2.45, 2.75) is 20.4 Å². The predicted molar refractivity (Wildman–Crippen MR) is 125 cm³/mol. The van der Waals surface area contributed by atoms with Gasteiger partial charge in [-0.1, -0.05) is 42.5 Å². The number of anilines is 1. The van der Waals surface area contributed by atoms with Gasteiger partial charge in [0.15, 0.2) is 0 Å². The minimum absolute atomic E-state index is 0.167. The van der Waals surface area contributed by atoms with Gasteiger partial charge in [-0.15, -0.1) is 0 Å². The van der Waals surface area contributed by atoms with Crippen LogP contribution in [0.15, 0.2) is 82.1 Å². The summed E-state index contributed by atoms with van der Waals surface area (Å²) < 4.78 is 0.719. The third-order valence-corrected chi connectivity index (χ3v) is 5.85. The van der Waals surface area contributed by atoms with Crippen LogP contribution in [0.5, 0.6) is 0 Å². The minimum Gasteiger partial charge on any atom is -0.322 e. The number of benzene rings is 3. The Bertz CT molecular complexity index is 1310. The van der Waals surface area contributed by atoms with Crippen LogP contribution in [0.4, 0.5) is 5.69 Å². The quantitative estimate of drug-likeness (QED) is 0.421. The first-order chi connectivity index (χ1) is 14.4. The molecule has 0 aliphatic rings. The first-order valence-corrected chi connectivity index (χ1v) is 10.5. The summed E-state index contributed by atoms with van der Waals surface area (Å²) in [5, 5.41) is 0.938. The second-order valence-electron chi connectivity index (χ2n) is 7.37. The average Bonchev–Trinajstić information content (AvgIpc) is 2.73. The lowest BCUT2D eigenvalue weighted by molar-refractivity contribution is 0.0984. The Morgan fingerprint density at radius 3 is 2.47 bits per heavy atom. The van der Waals surface area contributed by atoms with Crippen LogP contribution in [-0.2, 0) is 6.54 Å². The van der Waals surface area contributed by atoms with Crippen molar-refractivity contribution in [3.8, 4) is 0 Å². The van der Waals surface area contributed by atoms with Gasteiger partial charge in [0.05, 0.1) is 12.1 Å². The number of carbonyl (C=O) groups excluding carboxylic acids is 1. The number of pyridine rings is 1. The summed E-state index contributed by atoms with van der Waals surface area (Å²) in [7, 11) is 0. The SMILES string of the molecule is Cc1ccc2cc(CN(C(=O)c3ccccc3Br)c3ccccc3C)c(=O)[nH]c2c1. The molecule has 3 aromatic carbocycles. The molecular formula is C25H21BrN2O2. The van der Waals surface area contributed by atoms with Crippen molar-refractivity contribution in [1.82, 2.24) is 4.98 Å². The highest BCUT2D eigenvalue weighted by atomic mass is 79.9. The number of carbonyl (C=O) groups is 1. The second-order valence-corrected chi connectivity index (χ2v) is 8.23. The highest BCUT2D eigenvalue weighted by molar-refractivity contribution is 9.10. The maximum Gasteiger partial charge on any atom is 0.259 e. The zero-order valence-corrected chi connectivity index (χ0v) is 18.4. The fourth-order valence-corrected chi connectivity index (χ4v) is 4.01. The van der Waals surface area contributed by atoms with Gasteiger partial charge in [-0.3, -0.25) is 9.59 Å². The zero-order chi connectivity index (χ0) is 21.3. The molecule has 1 N–H and O–H groups in total. The van der Waals surface area contributed by atoms with Gasteiger partial charge in [0, 0.05) is 21.2 Å². The number of aromatic amines is 1. The Balaban J connectivity index is 1.82. The third kappa shape index (κ3) is 3.94. The van der Waals surface area contributed by atoms with Crippen molar-refractivity contribution < 1.29 is 4.79 Å². The lowest BCUT2D eigenvalue weighted by atomic mass is 10.1. The number of amides is 1. The number of H-pyrrole nitrogens is 1. The van der Waals surface area contributed by atoms with E-state index in [-0.39, 0.29) is 18.0 Å². The van der Waals surface area contributed by atoms with Gasteiger partial charge < -0.3 is 9.88 Å².